The first-order chi connectivity index (χ1) is 16.9. The highest BCUT2D eigenvalue weighted by molar-refractivity contribution is 5.86. The second-order valence-electron chi connectivity index (χ2n) is 8.81. The zero-order valence-corrected chi connectivity index (χ0v) is 20.2. The molecule has 8 nitrogen and oxygen atoms in total. The number of hydrogen-bond donors (Lipinski definition) is 1. The Bertz CT molecular complexity index is 1220. The zero-order valence-electron chi connectivity index (χ0n) is 20.2. The number of amides is 1. The fourth-order valence-electron chi connectivity index (χ4n) is 3.21. The predicted molar refractivity (Wildman–Crippen MR) is 125 cm³/mol. The summed E-state index contributed by atoms with van der Waals surface area (Å²) in [7, 11) is 0. The van der Waals surface area contributed by atoms with Crippen LogP contribution in [-0.4, -0.2) is 40.3 Å². The van der Waals surface area contributed by atoms with Crippen molar-refractivity contribution in [2.45, 2.75) is 51.9 Å². The molecule has 36 heavy (non-hydrogen) atoms. The van der Waals surface area contributed by atoms with Crippen molar-refractivity contribution in [3.63, 3.8) is 0 Å². The molecule has 0 radical (unpaired) electrons. The Hall–Kier alpha value is -3.89. The molecule has 11 heteroatoms. The minimum absolute atomic E-state index is 0.0903. The van der Waals surface area contributed by atoms with Crippen LogP contribution in [0.2, 0.25) is 0 Å². The minimum Gasteiger partial charge on any atom is -0.464 e. The van der Waals surface area contributed by atoms with Crippen LogP contribution >= 0.6 is 0 Å². The van der Waals surface area contributed by atoms with E-state index < -0.39 is 35.6 Å². The van der Waals surface area contributed by atoms with Crippen LogP contribution in [0.5, 0.6) is 11.6 Å². The largest absolute Gasteiger partial charge is 0.464 e. The molecule has 1 atom stereocenters. The van der Waals surface area contributed by atoms with Crippen molar-refractivity contribution in [2.24, 2.45) is 0 Å². The number of carbonyl (C=O) groups excluding carboxylic acids is 2. The highest BCUT2D eigenvalue weighted by Crippen LogP contribution is 2.35. The summed E-state index contributed by atoms with van der Waals surface area (Å²) < 4.78 is 55.8. The van der Waals surface area contributed by atoms with Gasteiger partial charge >= 0.3 is 18.2 Å². The number of pyridine rings is 2. The lowest BCUT2D eigenvalue weighted by Crippen LogP contribution is -2.45. The zero-order chi connectivity index (χ0) is 26.5. The number of benzene rings is 1. The molecule has 0 saturated heterocycles. The predicted octanol–water partition coefficient (Wildman–Crippen LogP) is 5.44. The van der Waals surface area contributed by atoms with Gasteiger partial charge in [0.15, 0.2) is 0 Å². The number of halogens is 3. The van der Waals surface area contributed by atoms with Crippen molar-refractivity contribution < 1.29 is 37.0 Å². The minimum atomic E-state index is -4.65. The quantitative estimate of drug-likeness (QED) is 0.427. The molecule has 0 unspecified atom stereocenters. The number of alkyl halides is 3. The van der Waals surface area contributed by atoms with Crippen LogP contribution in [0.4, 0.5) is 18.0 Å². The van der Waals surface area contributed by atoms with Crippen LogP contribution in [0.3, 0.4) is 0 Å². The molecule has 2 heterocycles. The number of hydrogen-bond acceptors (Lipinski definition) is 7. The lowest BCUT2D eigenvalue weighted by molar-refractivity contribution is -0.145. The van der Waals surface area contributed by atoms with Gasteiger partial charge in [-0.2, -0.15) is 13.2 Å². The van der Waals surface area contributed by atoms with Crippen molar-refractivity contribution in [3.05, 3.63) is 60.0 Å². The average Bonchev–Trinajstić information content (AvgIpc) is 2.78. The molecule has 3 rings (SSSR count). The van der Waals surface area contributed by atoms with E-state index in [1.54, 1.807) is 39.8 Å². The van der Waals surface area contributed by atoms with E-state index >= 15 is 0 Å². The second-order valence-corrected chi connectivity index (χ2v) is 8.81. The molecule has 192 valence electrons. The maximum absolute atomic E-state index is 13.3. The Labute approximate surface area is 205 Å². The normalized spacial score (nSPS) is 12.6. The number of ether oxygens (including phenoxy) is 3. The van der Waals surface area contributed by atoms with Gasteiger partial charge in [0.05, 0.1) is 12.0 Å². The van der Waals surface area contributed by atoms with Crippen molar-refractivity contribution in [3.8, 4) is 11.6 Å². The number of aromatic nitrogens is 2. The van der Waals surface area contributed by atoms with Crippen LogP contribution in [0.1, 0.15) is 39.0 Å². The molecular formula is C25H26F3N3O5. The van der Waals surface area contributed by atoms with E-state index in [0.717, 1.165) is 6.07 Å². The molecule has 1 aromatic carbocycles. The molecule has 0 saturated carbocycles. The van der Waals surface area contributed by atoms with Crippen molar-refractivity contribution >= 4 is 22.8 Å². The molecule has 0 aliphatic carbocycles. The monoisotopic (exact) mass is 505 g/mol. The van der Waals surface area contributed by atoms with Crippen molar-refractivity contribution in [2.75, 3.05) is 6.61 Å². The van der Waals surface area contributed by atoms with Gasteiger partial charge in [-0.15, -0.1) is 0 Å². The standard InChI is InChI=1S/C25H26F3N3O5/c1-5-34-22(32)19(30-23(33)36-24(2,3)4)12-15-6-8-17(9-7-15)35-21-18-14-29-11-10-16(18)13-20(31-21)25(26,27)28/h6-11,13-14,19H,5,12H2,1-4H3,(H,30,33)/t19-/m0/s1. The summed E-state index contributed by atoms with van der Waals surface area (Å²) in [6.07, 6.45) is -2.57. The highest BCUT2D eigenvalue weighted by Gasteiger charge is 2.34. The molecule has 1 amide bonds. The van der Waals surface area contributed by atoms with Crippen LogP contribution in [0, 0.1) is 0 Å². The first kappa shape index (κ1) is 26.7. The van der Waals surface area contributed by atoms with Gasteiger partial charge in [0.1, 0.15) is 23.1 Å². The Kier molecular flexibility index (Phi) is 8.01. The first-order valence-corrected chi connectivity index (χ1v) is 11.1. The van der Waals surface area contributed by atoms with Crippen LogP contribution < -0.4 is 10.1 Å². The van der Waals surface area contributed by atoms with E-state index in [-0.39, 0.29) is 30.0 Å². The third kappa shape index (κ3) is 7.30. The summed E-state index contributed by atoms with van der Waals surface area (Å²) in [6, 6.07) is 7.64. The summed E-state index contributed by atoms with van der Waals surface area (Å²) in [5.41, 5.74) is -1.20. The molecule has 0 fully saturated rings. The van der Waals surface area contributed by atoms with E-state index in [2.05, 4.69) is 15.3 Å². The summed E-state index contributed by atoms with van der Waals surface area (Å²) in [5, 5.41) is 3.11. The van der Waals surface area contributed by atoms with Gasteiger partial charge in [0.25, 0.3) is 0 Å². The number of rotatable bonds is 7. The third-order valence-electron chi connectivity index (χ3n) is 4.73. The molecule has 0 spiro atoms. The van der Waals surface area contributed by atoms with Crippen molar-refractivity contribution in [1.29, 1.82) is 0 Å². The lowest BCUT2D eigenvalue weighted by Gasteiger charge is -2.23. The fourth-order valence-corrected chi connectivity index (χ4v) is 3.21. The molecule has 0 aliphatic heterocycles. The Morgan fingerprint density at radius 2 is 1.78 bits per heavy atom. The molecule has 0 aliphatic rings. The number of esters is 1. The molecule has 0 bridgehead atoms. The Morgan fingerprint density at radius 3 is 2.39 bits per heavy atom. The average molecular weight is 505 g/mol. The van der Waals surface area contributed by atoms with E-state index in [1.165, 1.54) is 30.6 Å². The second kappa shape index (κ2) is 10.8. The Morgan fingerprint density at radius 1 is 1.08 bits per heavy atom. The maximum Gasteiger partial charge on any atom is 0.433 e. The van der Waals surface area contributed by atoms with Crippen LogP contribution in [-0.2, 0) is 26.9 Å². The fraction of sp³-hybridized carbons (Fsp3) is 0.360. The number of nitrogens with zero attached hydrogens (tertiary/aromatic N) is 2. The lowest BCUT2D eigenvalue weighted by atomic mass is 10.1. The first-order valence-electron chi connectivity index (χ1n) is 11.1. The van der Waals surface area contributed by atoms with Gasteiger partial charge in [-0.05, 0) is 62.9 Å². The summed E-state index contributed by atoms with van der Waals surface area (Å²) >= 11 is 0. The molecule has 1 N–H and O–H groups in total. The molecule has 2 aromatic heterocycles. The van der Waals surface area contributed by atoms with Gasteiger partial charge in [-0.1, -0.05) is 12.1 Å². The number of alkyl carbamates (subject to hydrolysis) is 1. The number of carbonyl (C=O) groups is 2. The third-order valence-corrected chi connectivity index (χ3v) is 4.73. The Balaban J connectivity index is 1.80. The van der Waals surface area contributed by atoms with E-state index in [0.29, 0.717) is 10.9 Å². The summed E-state index contributed by atoms with van der Waals surface area (Å²) in [5.74, 6) is -0.643. The summed E-state index contributed by atoms with van der Waals surface area (Å²) in [6.45, 7) is 6.87. The highest BCUT2D eigenvalue weighted by atomic mass is 19.4. The number of fused-ring (bicyclic) bond motifs is 1. The molecular weight excluding hydrogens is 479 g/mol. The number of nitrogens with one attached hydrogen (secondary N) is 1. The smallest absolute Gasteiger partial charge is 0.433 e. The van der Waals surface area contributed by atoms with Gasteiger partial charge < -0.3 is 19.5 Å². The van der Waals surface area contributed by atoms with Crippen LogP contribution in [0.15, 0.2) is 48.8 Å². The summed E-state index contributed by atoms with van der Waals surface area (Å²) in [4.78, 5) is 32.1. The van der Waals surface area contributed by atoms with Gasteiger partial charge in [0, 0.05) is 18.8 Å². The topological polar surface area (TPSA) is 99.6 Å². The van der Waals surface area contributed by atoms with Crippen molar-refractivity contribution in [1.82, 2.24) is 15.3 Å². The van der Waals surface area contributed by atoms with Gasteiger partial charge in [-0.25, -0.2) is 14.6 Å². The van der Waals surface area contributed by atoms with Crippen LogP contribution in [0.25, 0.3) is 10.8 Å². The van der Waals surface area contributed by atoms with E-state index in [9.17, 15) is 22.8 Å². The maximum atomic E-state index is 13.3. The SMILES string of the molecule is CCOC(=O)[C@H](Cc1ccc(Oc2nc(C(F)(F)F)cc3ccncc23)cc1)NC(=O)OC(C)(C)C. The van der Waals surface area contributed by atoms with Gasteiger partial charge in [-0.3, -0.25) is 4.98 Å². The van der Waals surface area contributed by atoms with E-state index in [1.807, 2.05) is 0 Å². The van der Waals surface area contributed by atoms with E-state index in [4.69, 9.17) is 14.2 Å². The van der Waals surface area contributed by atoms with Gasteiger partial charge in [0.2, 0.25) is 5.88 Å². The molecule has 3 aromatic rings.